The number of rotatable bonds is 6. The minimum Gasteiger partial charge on any atom is -0.463 e. The molecule has 0 spiro atoms. The van der Waals surface area contributed by atoms with E-state index < -0.39 is 11.9 Å². The van der Waals surface area contributed by atoms with Gasteiger partial charge >= 0.3 is 12.1 Å². The van der Waals surface area contributed by atoms with Crippen LogP contribution in [0.25, 0.3) is 0 Å². The quantitative estimate of drug-likeness (QED) is 0.466. The van der Waals surface area contributed by atoms with Gasteiger partial charge in [0, 0.05) is 19.0 Å². The van der Waals surface area contributed by atoms with Gasteiger partial charge in [0.25, 0.3) is 0 Å². The van der Waals surface area contributed by atoms with Gasteiger partial charge in [-0.15, -0.1) is 11.3 Å². The number of halogens is 3. The number of thiazole rings is 1. The predicted molar refractivity (Wildman–Crippen MR) is 81.2 cm³/mol. The number of nitrogens with one attached hydrogen (secondary N) is 2. The number of carbonyl (C=O) groups is 1. The summed E-state index contributed by atoms with van der Waals surface area (Å²) in [5.74, 6) is 0.0313. The molecule has 0 radical (unpaired) electrons. The molecule has 1 aromatic heterocycles. The maximum Gasteiger partial charge on any atom is 0.434 e. The molecule has 0 aliphatic carbocycles. The minimum atomic E-state index is -4.44. The Morgan fingerprint density at radius 2 is 2.13 bits per heavy atom. The van der Waals surface area contributed by atoms with Crippen LogP contribution in [-0.4, -0.2) is 36.6 Å². The van der Waals surface area contributed by atoms with Gasteiger partial charge in [0.05, 0.1) is 19.1 Å². The molecular weight excluding hydrogens is 333 g/mol. The number of hydrogen-bond acceptors (Lipinski definition) is 5. The summed E-state index contributed by atoms with van der Waals surface area (Å²) in [7, 11) is 1.52. The van der Waals surface area contributed by atoms with E-state index in [0.29, 0.717) is 17.5 Å². The number of aliphatic imine (C=N–C) groups is 1. The number of nitrogens with zero attached hydrogens (tertiary/aromatic N) is 2. The first-order chi connectivity index (χ1) is 10.7. The van der Waals surface area contributed by atoms with Crippen molar-refractivity contribution in [2.75, 3.05) is 13.6 Å². The number of alkyl halides is 3. The van der Waals surface area contributed by atoms with Gasteiger partial charge in [-0.2, -0.15) is 13.2 Å². The van der Waals surface area contributed by atoms with Gasteiger partial charge in [-0.3, -0.25) is 9.79 Å². The van der Waals surface area contributed by atoms with Gasteiger partial charge in [0.2, 0.25) is 0 Å². The van der Waals surface area contributed by atoms with Crippen molar-refractivity contribution in [2.45, 2.75) is 39.1 Å². The van der Waals surface area contributed by atoms with Crippen LogP contribution in [0.3, 0.4) is 0 Å². The van der Waals surface area contributed by atoms with E-state index in [2.05, 4.69) is 20.6 Å². The first-order valence-electron chi connectivity index (χ1n) is 6.88. The highest BCUT2D eigenvalue weighted by molar-refractivity contribution is 7.09. The number of guanidine groups is 1. The third kappa shape index (κ3) is 7.31. The van der Waals surface area contributed by atoms with Gasteiger partial charge in [-0.25, -0.2) is 4.98 Å². The van der Waals surface area contributed by atoms with Gasteiger partial charge < -0.3 is 15.4 Å². The summed E-state index contributed by atoms with van der Waals surface area (Å²) in [6.45, 7) is 3.93. The molecule has 1 aromatic rings. The van der Waals surface area contributed by atoms with Crippen LogP contribution in [0.1, 0.15) is 31.0 Å². The Morgan fingerprint density at radius 3 is 2.65 bits per heavy atom. The molecule has 1 rings (SSSR count). The molecule has 2 N–H and O–H groups in total. The fourth-order valence-electron chi connectivity index (χ4n) is 1.51. The molecule has 0 aromatic carbocycles. The summed E-state index contributed by atoms with van der Waals surface area (Å²) in [4.78, 5) is 18.8. The van der Waals surface area contributed by atoms with E-state index >= 15 is 0 Å². The second-order valence-electron chi connectivity index (χ2n) is 4.77. The lowest BCUT2D eigenvalue weighted by atomic mass is 10.4. The highest BCUT2D eigenvalue weighted by Gasteiger charge is 2.33. The molecule has 0 amide bonds. The number of ether oxygens (including phenoxy) is 1. The molecule has 1 heterocycles. The van der Waals surface area contributed by atoms with E-state index in [0.717, 1.165) is 16.7 Å². The summed E-state index contributed by atoms with van der Waals surface area (Å²) in [5.41, 5.74) is -0.904. The molecule has 0 saturated heterocycles. The lowest BCUT2D eigenvalue weighted by Gasteiger charge is -2.11. The average molecular weight is 352 g/mol. The Balaban J connectivity index is 2.37. The zero-order chi connectivity index (χ0) is 17.5. The highest BCUT2D eigenvalue weighted by atomic mass is 32.1. The van der Waals surface area contributed by atoms with E-state index in [9.17, 15) is 18.0 Å². The van der Waals surface area contributed by atoms with Crippen LogP contribution in [0.5, 0.6) is 0 Å². The zero-order valence-corrected chi connectivity index (χ0v) is 13.8. The van der Waals surface area contributed by atoms with Crippen LogP contribution in [0.15, 0.2) is 10.4 Å². The summed E-state index contributed by atoms with van der Waals surface area (Å²) in [5, 5.41) is 6.96. The van der Waals surface area contributed by atoms with Crippen molar-refractivity contribution in [1.82, 2.24) is 15.6 Å². The van der Waals surface area contributed by atoms with Crippen molar-refractivity contribution in [1.29, 1.82) is 0 Å². The summed E-state index contributed by atoms with van der Waals surface area (Å²) in [6.07, 6.45) is -4.45. The lowest BCUT2D eigenvalue weighted by Crippen LogP contribution is -2.38. The normalized spacial score (nSPS) is 12.4. The summed E-state index contributed by atoms with van der Waals surface area (Å²) >= 11 is 0.914. The van der Waals surface area contributed by atoms with Crippen molar-refractivity contribution in [3.63, 3.8) is 0 Å². The molecular formula is C13H19F3N4O2S. The zero-order valence-electron chi connectivity index (χ0n) is 13.0. The second kappa shape index (κ2) is 8.70. The van der Waals surface area contributed by atoms with Crippen LogP contribution >= 0.6 is 11.3 Å². The van der Waals surface area contributed by atoms with Crippen LogP contribution in [-0.2, 0) is 22.3 Å². The molecule has 0 saturated carbocycles. The maximum atomic E-state index is 12.4. The van der Waals surface area contributed by atoms with Gasteiger partial charge in [0.1, 0.15) is 5.01 Å². The van der Waals surface area contributed by atoms with E-state index in [1.54, 1.807) is 13.8 Å². The summed E-state index contributed by atoms with van der Waals surface area (Å²) in [6, 6.07) is 0. The lowest BCUT2D eigenvalue weighted by molar-refractivity contribution is -0.147. The van der Waals surface area contributed by atoms with E-state index in [4.69, 9.17) is 4.74 Å². The van der Waals surface area contributed by atoms with Gasteiger partial charge in [0.15, 0.2) is 11.7 Å². The Labute approximate surface area is 136 Å². The van der Waals surface area contributed by atoms with Crippen molar-refractivity contribution >= 4 is 23.3 Å². The fraction of sp³-hybridized carbons (Fsp3) is 0.615. The van der Waals surface area contributed by atoms with Crippen LogP contribution in [0, 0.1) is 0 Å². The Kier molecular flexibility index (Phi) is 7.27. The third-order valence-electron chi connectivity index (χ3n) is 2.46. The van der Waals surface area contributed by atoms with E-state index in [1.807, 2.05) is 0 Å². The van der Waals surface area contributed by atoms with Gasteiger partial charge in [-0.1, -0.05) is 0 Å². The van der Waals surface area contributed by atoms with E-state index in [1.165, 1.54) is 7.05 Å². The number of hydrogen-bond donors (Lipinski definition) is 2. The molecule has 130 valence electrons. The van der Waals surface area contributed by atoms with Crippen LogP contribution in [0.4, 0.5) is 13.2 Å². The molecule has 0 aliphatic rings. The maximum absolute atomic E-state index is 12.4. The van der Waals surface area contributed by atoms with Crippen LogP contribution in [0.2, 0.25) is 0 Å². The SMILES string of the molecule is CN=C(NCCC(=O)OC(C)C)NCc1nc(C(F)(F)F)cs1. The Morgan fingerprint density at radius 1 is 1.43 bits per heavy atom. The van der Waals surface area contributed by atoms with E-state index in [-0.39, 0.29) is 25.0 Å². The number of carbonyl (C=O) groups excluding carboxylic acids is 1. The largest absolute Gasteiger partial charge is 0.463 e. The third-order valence-corrected chi connectivity index (χ3v) is 3.31. The van der Waals surface area contributed by atoms with Crippen molar-refractivity contribution in [3.8, 4) is 0 Å². The smallest absolute Gasteiger partial charge is 0.434 e. The number of aromatic nitrogens is 1. The second-order valence-corrected chi connectivity index (χ2v) is 5.71. The molecule has 0 aliphatic heterocycles. The highest BCUT2D eigenvalue weighted by Crippen LogP contribution is 2.29. The van der Waals surface area contributed by atoms with Crippen LogP contribution < -0.4 is 10.6 Å². The molecule has 0 fully saturated rings. The molecule has 10 heteroatoms. The Bertz CT molecular complexity index is 544. The topological polar surface area (TPSA) is 75.6 Å². The minimum absolute atomic E-state index is 0.108. The Hall–Kier alpha value is -1.84. The predicted octanol–water partition coefficient (Wildman–Crippen LogP) is 2.17. The fourth-order valence-corrected chi connectivity index (χ4v) is 2.25. The first kappa shape index (κ1) is 19.2. The van der Waals surface area contributed by atoms with Crippen molar-refractivity contribution < 1.29 is 22.7 Å². The molecule has 6 nitrogen and oxygen atoms in total. The molecule has 0 atom stereocenters. The molecule has 23 heavy (non-hydrogen) atoms. The number of esters is 1. The standard InChI is InChI=1S/C13H19F3N4O2S/c1-8(2)22-11(21)4-5-18-12(17-3)19-6-10-20-9(7-23-10)13(14,15)16/h7-8H,4-6H2,1-3H3,(H2,17,18,19). The molecule has 0 unspecified atom stereocenters. The average Bonchev–Trinajstić information content (AvgIpc) is 2.90. The monoisotopic (exact) mass is 352 g/mol. The summed E-state index contributed by atoms with van der Waals surface area (Å²) < 4.78 is 42.3. The molecule has 0 bridgehead atoms. The van der Waals surface area contributed by atoms with Crippen molar-refractivity contribution in [2.24, 2.45) is 4.99 Å². The van der Waals surface area contributed by atoms with Crippen molar-refractivity contribution in [3.05, 3.63) is 16.1 Å². The first-order valence-corrected chi connectivity index (χ1v) is 7.76. The van der Waals surface area contributed by atoms with Gasteiger partial charge in [-0.05, 0) is 13.8 Å².